The maximum absolute atomic E-state index is 13.7. The van der Waals surface area contributed by atoms with E-state index in [1.54, 1.807) is 6.92 Å². The lowest BCUT2D eigenvalue weighted by atomic mass is 9.72. The third-order valence-corrected chi connectivity index (χ3v) is 6.53. The monoisotopic (exact) mass is 472 g/mol. The number of benzene rings is 2. The molecule has 6 nitrogen and oxygen atoms in total. The van der Waals surface area contributed by atoms with E-state index in [4.69, 9.17) is 4.74 Å². The molecule has 1 saturated heterocycles. The molecule has 0 unspecified atom stereocenters. The fourth-order valence-corrected chi connectivity index (χ4v) is 4.92. The Bertz CT molecular complexity index is 1200. The van der Waals surface area contributed by atoms with Crippen molar-refractivity contribution in [2.24, 2.45) is 0 Å². The molecular formula is C25H23F3N2O4. The van der Waals surface area contributed by atoms with E-state index in [0.717, 1.165) is 23.1 Å². The van der Waals surface area contributed by atoms with Gasteiger partial charge in [-0.1, -0.05) is 18.2 Å². The highest BCUT2D eigenvalue weighted by Gasteiger charge is 2.54. The summed E-state index contributed by atoms with van der Waals surface area (Å²) < 4.78 is 44.8. The third kappa shape index (κ3) is 3.79. The first kappa shape index (κ1) is 23.7. The van der Waals surface area contributed by atoms with E-state index >= 15 is 0 Å². The van der Waals surface area contributed by atoms with Gasteiger partial charge in [0, 0.05) is 6.08 Å². The standard InChI is InChI=1S/C25H23F3N2O4/c1-15-17(22(32)34-2)8-9-19-21(15)24(11-13-29-14-12-24)23(33)30(19)20(31)10-7-16-5-3-4-6-18(16)25(26,27)28/h3-10,29H,11-14H2,1-2H3/b10-7+. The number of halogens is 3. The van der Waals surface area contributed by atoms with Crippen LogP contribution in [0.5, 0.6) is 0 Å². The first-order chi connectivity index (χ1) is 16.1. The van der Waals surface area contributed by atoms with Crippen molar-refractivity contribution in [2.45, 2.75) is 31.4 Å². The number of fused-ring (bicyclic) bond motifs is 2. The Hall–Kier alpha value is -3.46. The van der Waals surface area contributed by atoms with Crippen molar-refractivity contribution in [2.75, 3.05) is 25.1 Å². The van der Waals surface area contributed by atoms with Gasteiger partial charge in [-0.05, 0) is 73.8 Å². The topological polar surface area (TPSA) is 75.7 Å². The molecule has 2 aromatic carbocycles. The number of piperidine rings is 1. The normalized spacial score (nSPS) is 17.3. The summed E-state index contributed by atoms with van der Waals surface area (Å²) in [6.07, 6.45) is -1.68. The second-order valence-electron chi connectivity index (χ2n) is 8.35. The number of alkyl halides is 3. The van der Waals surface area contributed by atoms with Crippen LogP contribution in [0.1, 0.15) is 45.5 Å². The van der Waals surface area contributed by atoms with Gasteiger partial charge in [0.2, 0.25) is 5.91 Å². The second-order valence-corrected chi connectivity index (χ2v) is 8.35. The number of ether oxygens (including phenoxy) is 1. The van der Waals surface area contributed by atoms with Gasteiger partial charge in [-0.2, -0.15) is 13.2 Å². The predicted molar refractivity (Wildman–Crippen MR) is 119 cm³/mol. The molecule has 2 amide bonds. The molecule has 2 heterocycles. The zero-order valence-electron chi connectivity index (χ0n) is 18.7. The summed E-state index contributed by atoms with van der Waals surface area (Å²) in [6.45, 7) is 2.80. The molecule has 1 N–H and O–H groups in total. The van der Waals surface area contributed by atoms with Crippen molar-refractivity contribution in [3.05, 3.63) is 70.3 Å². The molecule has 2 aliphatic heterocycles. The van der Waals surface area contributed by atoms with Crippen LogP contribution < -0.4 is 10.2 Å². The zero-order valence-corrected chi connectivity index (χ0v) is 18.7. The molecule has 1 fully saturated rings. The van der Waals surface area contributed by atoms with Gasteiger partial charge in [0.25, 0.3) is 5.91 Å². The summed E-state index contributed by atoms with van der Waals surface area (Å²) in [4.78, 5) is 40.1. The van der Waals surface area contributed by atoms with Crippen LogP contribution in [0.2, 0.25) is 0 Å². The van der Waals surface area contributed by atoms with Crippen LogP contribution in [0.25, 0.3) is 6.08 Å². The minimum absolute atomic E-state index is 0.177. The lowest BCUT2D eigenvalue weighted by Crippen LogP contribution is -2.48. The molecule has 0 aromatic heterocycles. The number of amides is 2. The Morgan fingerprint density at radius 2 is 1.79 bits per heavy atom. The van der Waals surface area contributed by atoms with Crippen molar-refractivity contribution in [3.8, 4) is 0 Å². The first-order valence-corrected chi connectivity index (χ1v) is 10.8. The summed E-state index contributed by atoms with van der Waals surface area (Å²) in [5, 5.41) is 3.20. The van der Waals surface area contributed by atoms with Gasteiger partial charge in [0.1, 0.15) is 0 Å². The Morgan fingerprint density at radius 3 is 2.44 bits per heavy atom. The highest BCUT2D eigenvalue weighted by molar-refractivity contribution is 6.26. The highest BCUT2D eigenvalue weighted by atomic mass is 19.4. The van der Waals surface area contributed by atoms with Gasteiger partial charge in [0.15, 0.2) is 0 Å². The number of hydrogen-bond acceptors (Lipinski definition) is 5. The smallest absolute Gasteiger partial charge is 0.416 e. The number of carbonyl (C=O) groups is 3. The SMILES string of the molecule is COC(=O)c1ccc2c(c1C)C1(CCNCC1)C(=O)N2C(=O)/C=C/c1ccccc1C(F)(F)F. The van der Waals surface area contributed by atoms with Crippen LogP contribution in [0.15, 0.2) is 42.5 Å². The van der Waals surface area contributed by atoms with E-state index in [2.05, 4.69) is 5.32 Å². The lowest BCUT2D eigenvalue weighted by Gasteiger charge is -2.33. The van der Waals surface area contributed by atoms with Gasteiger partial charge in [-0.25, -0.2) is 9.69 Å². The van der Waals surface area contributed by atoms with Gasteiger partial charge in [-0.15, -0.1) is 0 Å². The van der Waals surface area contributed by atoms with Crippen molar-refractivity contribution < 1.29 is 32.3 Å². The molecule has 0 bridgehead atoms. The molecular weight excluding hydrogens is 449 g/mol. The molecule has 2 aliphatic rings. The molecule has 0 saturated carbocycles. The number of esters is 1. The maximum atomic E-state index is 13.7. The minimum Gasteiger partial charge on any atom is -0.465 e. The van der Waals surface area contributed by atoms with E-state index < -0.39 is 34.9 Å². The Kier molecular flexibility index (Phi) is 6.07. The fraction of sp³-hybridized carbons (Fsp3) is 0.320. The summed E-state index contributed by atoms with van der Waals surface area (Å²) in [5.41, 5.74) is -0.251. The van der Waals surface area contributed by atoms with Gasteiger partial charge >= 0.3 is 12.1 Å². The summed E-state index contributed by atoms with van der Waals surface area (Å²) in [6, 6.07) is 7.92. The van der Waals surface area contributed by atoms with Crippen LogP contribution >= 0.6 is 0 Å². The molecule has 178 valence electrons. The van der Waals surface area contributed by atoms with Crippen LogP contribution in [0.3, 0.4) is 0 Å². The molecule has 34 heavy (non-hydrogen) atoms. The maximum Gasteiger partial charge on any atom is 0.416 e. The van der Waals surface area contributed by atoms with Crippen molar-refractivity contribution in [3.63, 3.8) is 0 Å². The number of rotatable bonds is 3. The number of nitrogens with one attached hydrogen (secondary N) is 1. The zero-order chi connectivity index (χ0) is 24.7. The summed E-state index contributed by atoms with van der Waals surface area (Å²) >= 11 is 0. The van der Waals surface area contributed by atoms with Crippen LogP contribution in [-0.4, -0.2) is 38.0 Å². The van der Waals surface area contributed by atoms with Gasteiger partial charge in [0.05, 0.1) is 29.3 Å². The third-order valence-electron chi connectivity index (χ3n) is 6.53. The van der Waals surface area contributed by atoms with Crippen LogP contribution in [0.4, 0.5) is 18.9 Å². The van der Waals surface area contributed by atoms with Crippen molar-refractivity contribution >= 4 is 29.5 Å². The average Bonchev–Trinajstić information content (AvgIpc) is 3.05. The fourth-order valence-electron chi connectivity index (χ4n) is 4.92. The van der Waals surface area contributed by atoms with Gasteiger partial charge < -0.3 is 10.1 Å². The molecule has 1 spiro atoms. The predicted octanol–water partition coefficient (Wildman–Crippen LogP) is 4.01. The molecule has 0 aliphatic carbocycles. The Balaban J connectivity index is 1.78. The number of nitrogens with zero attached hydrogens (tertiary/aromatic N) is 1. The lowest BCUT2D eigenvalue weighted by molar-refractivity contribution is -0.137. The summed E-state index contributed by atoms with van der Waals surface area (Å²) in [7, 11) is 1.26. The van der Waals surface area contributed by atoms with E-state index in [9.17, 15) is 27.6 Å². The van der Waals surface area contributed by atoms with E-state index in [1.165, 1.54) is 37.4 Å². The van der Waals surface area contributed by atoms with Gasteiger partial charge in [-0.3, -0.25) is 9.59 Å². The second kappa shape index (κ2) is 8.72. The molecule has 2 aromatic rings. The number of anilines is 1. The van der Waals surface area contributed by atoms with Crippen LogP contribution in [0, 0.1) is 6.92 Å². The first-order valence-electron chi connectivity index (χ1n) is 10.8. The molecule has 0 radical (unpaired) electrons. The van der Waals surface area contributed by atoms with E-state index in [0.29, 0.717) is 48.3 Å². The quantitative estimate of drug-likeness (QED) is 0.540. The number of imide groups is 1. The largest absolute Gasteiger partial charge is 0.465 e. The number of carbonyl (C=O) groups excluding carboxylic acids is 3. The molecule has 0 atom stereocenters. The van der Waals surface area contributed by atoms with E-state index in [-0.39, 0.29) is 5.56 Å². The number of hydrogen-bond donors (Lipinski definition) is 1. The Morgan fingerprint density at radius 1 is 1.12 bits per heavy atom. The average molecular weight is 472 g/mol. The molecule has 9 heteroatoms. The van der Waals surface area contributed by atoms with Crippen molar-refractivity contribution in [1.82, 2.24) is 5.32 Å². The Labute approximate surface area is 194 Å². The van der Waals surface area contributed by atoms with E-state index in [1.807, 2.05) is 0 Å². The van der Waals surface area contributed by atoms with Crippen molar-refractivity contribution in [1.29, 1.82) is 0 Å². The molecule has 4 rings (SSSR count). The number of methoxy groups -OCH3 is 1. The minimum atomic E-state index is -4.58. The highest BCUT2D eigenvalue weighted by Crippen LogP contribution is 2.49. The van der Waals surface area contributed by atoms with Crippen LogP contribution in [-0.2, 0) is 25.9 Å². The summed E-state index contributed by atoms with van der Waals surface area (Å²) in [5.74, 6) is -1.73.